The van der Waals surface area contributed by atoms with Gasteiger partial charge in [-0.3, -0.25) is 0 Å². The van der Waals surface area contributed by atoms with Crippen LogP contribution in [0.15, 0.2) is 18.2 Å². The van der Waals surface area contributed by atoms with E-state index in [0.29, 0.717) is 11.6 Å². The average molecular weight is 247 g/mol. The Morgan fingerprint density at radius 3 is 2.94 bits per heavy atom. The van der Waals surface area contributed by atoms with Crippen molar-refractivity contribution in [3.05, 3.63) is 29.6 Å². The molecule has 18 heavy (non-hydrogen) atoms. The Morgan fingerprint density at radius 1 is 1.50 bits per heavy atom. The molecule has 4 heteroatoms. The fraction of sp³-hybridized carbons (Fsp3) is 0.500. The van der Waals surface area contributed by atoms with E-state index in [4.69, 9.17) is 5.26 Å². The van der Waals surface area contributed by atoms with E-state index in [9.17, 15) is 4.39 Å². The highest BCUT2D eigenvalue weighted by atomic mass is 19.1. The van der Waals surface area contributed by atoms with Crippen LogP contribution in [0, 0.1) is 17.1 Å². The molecule has 0 N–H and O–H groups in total. The highest BCUT2D eigenvalue weighted by Gasteiger charge is 2.26. The highest BCUT2D eigenvalue weighted by Crippen LogP contribution is 2.29. The van der Waals surface area contributed by atoms with E-state index in [1.54, 1.807) is 6.07 Å². The Labute approximate surface area is 107 Å². The molecule has 3 nitrogen and oxygen atoms in total. The van der Waals surface area contributed by atoms with Crippen LogP contribution in [0.5, 0.6) is 0 Å². The molecule has 0 amide bonds. The zero-order chi connectivity index (χ0) is 13.1. The Morgan fingerprint density at radius 2 is 2.28 bits per heavy atom. The van der Waals surface area contributed by atoms with Gasteiger partial charge in [-0.1, -0.05) is 0 Å². The first-order valence-corrected chi connectivity index (χ1v) is 6.23. The fourth-order valence-corrected chi connectivity index (χ4v) is 2.61. The summed E-state index contributed by atoms with van der Waals surface area (Å²) in [6.07, 6.45) is 2.25. The summed E-state index contributed by atoms with van der Waals surface area (Å²) < 4.78 is 13.2. The second kappa shape index (κ2) is 5.36. The number of benzene rings is 1. The summed E-state index contributed by atoms with van der Waals surface area (Å²) in [5.41, 5.74) is 1.30. The van der Waals surface area contributed by atoms with Gasteiger partial charge in [0, 0.05) is 19.1 Å². The van der Waals surface area contributed by atoms with E-state index >= 15 is 0 Å². The molecule has 0 radical (unpaired) electrons. The van der Waals surface area contributed by atoms with E-state index in [-0.39, 0.29) is 5.82 Å². The minimum Gasteiger partial charge on any atom is -0.366 e. The van der Waals surface area contributed by atoms with Gasteiger partial charge in [-0.05, 0) is 45.1 Å². The van der Waals surface area contributed by atoms with Crippen LogP contribution in [-0.4, -0.2) is 38.1 Å². The van der Waals surface area contributed by atoms with Crippen molar-refractivity contribution in [3.63, 3.8) is 0 Å². The second-order valence-corrected chi connectivity index (χ2v) is 5.02. The molecule has 1 fully saturated rings. The van der Waals surface area contributed by atoms with Gasteiger partial charge >= 0.3 is 0 Å². The molecule has 1 aliphatic rings. The van der Waals surface area contributed by atoms with E-state index in [2.05, 4.69) is 15.9 Å². The Kier molecular flexibility index (Phi) is 3.83. The molecule has 1 atom stereocenters. The molecule has 0 spiro atoms. The van der Waals surface area contributed by atoms with Gasteiger partial charge in [0.25, 0.3) is 0 Å². The molecule has 0 aromatic heterocycles. The largest absolute Gasteiger partial charge is 0.366 e. The Hall–Kier alpha value is -1.60. The maximum absolute atomic E-state index is 13.2. The van der Waals surface area contributed by atoms with E-state index < -0.39 is 0 Å². The topological polar surface area (TPSA) is 30.3 Å². The average Bonchev–Trinajstić information content (AvgIpc) is 2.76. The van der Waals surface area contributed by atoms with Gasteiger partial charge in [-0.25, -0.2) is 4.39 Å². The lowest BCUT2D eigenvalue weighted by Crippen LogP contribution is -2.37. The zero-order valence-corrected chi connectivity index (χ0v) is 10.9. The molecule has 0 saturated carbocycles. The summed E-state index contributed by atoms with van der Waals surface area (Å²) >= 11 is 0. The first-order chi connectivity index (χ1) is 8.61. The summed E-state index contributed by atoms with van der Waals surface area (Å²) in [4.78, 5) is 4.39. The monoisotopic (exact) mass is 247 g/mol. The molecule has 96 valence electrons. The summed E-state index contributed by atoms with van der Waals surface area (Å²) in [6.45, 7) is 1.90. The quantitative estimate of drug-likeness (QED) is 0.820. The summed E-state index contributed by atoms with van der Waals surface area (Å²) in [7, 11) is 4.10. The molecular formula is C14H18FN3. The van der Waals surface area contributed by atoms with E-state index in [1.807, 2.05) is 14.1 Å². The Bertz CT molecular complexity index is 465. The number of nitrogens with zero attached hydrogens (tertiary/aromatic N) is 3. The van der Waals surface area contributed by atoms with Crippen LogP contribution in [0.4, 0.5) is 10.1 Å². The summed E-state index contributed by atoms with van der Waals surface area (Å²) in [6, 6.07) is 6.98. The van der Waals surface area contributed by atoms with Gasteiger partial charge in [0.05, 0.1) is 11.3 Å². The standard InChI is InChI=1S/C14H18FN3/c1-17(2)10-13-4-3-7-18(13)14-6-5-12(15)8-11(14)9-16/h5-6,8,13H,3-4,7,10H2,1-2H3. The van der Waals surface area contributed by atoms with Crippen molar-refractivity contribution >= 4 is 5.69 Å². The van der Waals surface area contributed by atoms with Crippen LogP contribution in [-0.2, 0) is 0 Å². The highest BCUT2D eigenvalue weighted by molar-refractivity contribution is 5.60. The number of halogens is 1. The van der Waals surface area contributed by atoms with Gasteiger partial charge in [-0.15, -0.1) is 0 Å². The lowest BCUT2D eigenvalue weighted by Gasteiger charge is -2.29. The predicted octanol–water partition coefficient (Wildman–Crippen LogP) is 2.23. The molecule has 1 unspecified atom stereocenters. The number of hydrogen-bond donors (Lipinski definition) is 0. The van der Waals surface area contributed by atoms with Gasteiger partial charge in [0.15, 0.2) is 0 Å². The van der Waals surface area contributed by atoms with Crippen molar-refractivity contribution in [1.82, 2.24) is 4.90 Å². The molecule has 1 saturated heterocycles. The van der Waals surface area contributed by atoms with Crippen molar-refractivity contribution in [2.24, 2.45) is 0 Å². The van der Waals surface area contributed by atoms with Gasteiger partial charge < -0.3 is 9.80 Å². The predicted molar refractivity (Wildman–Crippen MR) is 70.0 cm³/mol. The smallest absolute Gasteiger partial charge is 0.124 e. The maximum atomic E-state index is 13.2. The van der Waals surface area contributed by atoms with Crippen molar-refractivity contribution < 1.29 is 4.39 Å². The van der Waals surface area contributed by atoms with Crippen molar-refractivity contribution in [3.8, 4) is 6.07 Å². The molecule has 1 aliphatic heterocycles. The van der Waals surface area contributed by atoms with Crippen LogP contribution in [0.3, 0.4) is 0 Å². The lowest BCUT2D eigenvalue weighted by atomic mass is 10.1. The zero-order valence-electron chi connectivity index (χ0n) is 10.9. The van der Waals surface area contributed by atoms with Crippen molar-refractivity contribution in [2.45, 2.75) is 18.9 Å². The first kappa shape index (κ1) is 12.8. The second-order valence-electron chi connectivity index (χ2n) is 5.02. The fourth-order valence-electron chi connectivity index (χ4n) is 2.61. The third-order valence-corrected chi connectivity index (χ3v) is 3.34. The van der Waals surface area contributed by atoms with E-state index in [1.165, 1.54) is 12.1 Å². The minimum absolute atomic E-state index is 0.348. The summed E-state index contributed by atoms with van der Waals surface area (Å²) in [5, 5.41) is 9.12. The lowest BCUT2D eigenvalue weighted by molar-refractivity contribution is 0.372. The Balaban J connectivity index is 2.27. The van der Waals surface area contributed by atoms with Gasteiger partial charge in [-0.2, -0.15) is 5.26 Å². The van der Waals surface area contributed by atoms with Crippen LogP contribution >= 0.6 is 0 Å². The van der Waals surface area contributed by atoms with Crippen molar-refractivity contribution in [2.75, 3.05) is 32.1 Å². The molecular weight excluding hydrogens is 229 g/mol. The molecule has 0 bridgehead atoms. The van der Waals surface area contributed by atoms with E-state index in [0.717, 1.165) is 31.6 Å². The number of rotatable bonds is 3. The van der Waals surface area contributed by atoms with Gasteiger partial charge in [0.2, 0.25) is 0 Å². The van der Waals surface area contributed by atoms with Gasteiger partial charge in [0.1, 0.15) is 11.9 Å². The third kappa shape index (κ3) is 2.62. The third-order valence-electron chi connectivity index (χ3n) is 3.34. The molecule has 0 aliphatic carbocycles. The number of likely N-dealkylation sites (N-methyl/N-ethyl adjacent to an activating group) is 1. The molecule has 1 aromatic carbocycles. The number of hydrogen-bond acceptors (Lipinski definition) is 3. The van der Waals surface area contributed by atoms with Crippen LogP contribution in [0.25, 0.3) is 0 Å². The van der Waals surface area contributed by atoms with Crippen LogP contribution < -0.4 is 4.90 Å². The molecule has 1 heterocycles. The minimum atomic E-state index is -0.348. The summed E-state index contributed by atoms with van der Waals surface area (Å²) in [5.74, 6) is -0.348. The SMILES string of the molecule is CN(C)CC1CCCN1c1ccc(F)cc1C#N. The van der Waals surface area contributed by atoms with Crippen LogP contribution in [0.2, 0.25) is 0 Å². The normalized spacial score (nSPS) is 19.3. The first-order valence-electron chi connectivity index (χ1n) is 6.23. The number of nitriles is 1. The number of anilines is 1. The molecule has 2 rings (SSSR count). The molecule has 1 aromatic rings. The van der Waals surface area contributed by atoms with Crippen molar-refractivity contribution in [1.29, 1.82) is 5.26 Å². The maximum Gasteiger partial charge on any atom is 0.124 e. The van der Waals surface area contributed by atoms with Crippen LogP contribution in [0.1, 0.15) is 18.4 Å².